The summed E-state index contributed by atoms with van der Waals surface area (Å²) in [6.45, 7) is 5.33. The number of anilines is 2. The van der Waals surface area contributed by atoms with Gasteiger partial charge in [-0.3, -0.25) is 19.7 Å². The number of amides is 1. The Morgan fingerprint density at radius 1 is 0.691 bits per heavy atom. The van der Waals surface area contributed by atoms with Gasteiger partial charge in [0.05, 0.1) is 42.1 Å². The number of carbonyl (C=O) groups excluding carboxylic acids is 1. The molecular weight excluding hydrogens is 734 g/mol. The van der Waals surface area contributed by atoms with Gasteiger partial charge in [0, 0.05) is 39.9 Å². The fraction of sp³-hybridized carbons (Fsp3) is 0.564. The third-order valence-electron chi connectivity index (χ3n) is 10.1. The number of pyridine rings is 3. The molecule has 6 atom stereocenters. The van der Waals surface area contributed by atoms with E-state index in [1.807, 2.05) is 6.07 Å². The monoisotopic (exact) mass is 789 g/mol. The first-order valence-corrected chi connectivity index (χ1v) is 18.4. The number of carboxylic acid groups (broad SMARTS) is 1. The smallest absolute Gasteiger partial charge is 0.412 e. The fourth-order valence-corrected chi connectivity index (χ4v) is 7.50. The van der Waals surface area contributed by atoms with E-state index in [0.29, 0.717) is 5.69 Å². The molecule has 16 heteroatoms. The van der Waals surface area contributed by atoms with E-state index in [4.69, 9.17) is 29.8 Å². The second kappa shape index (κ2) is 20.5. The highest BCUT2D eigenvalue weighted by Gasteiger charge is 2.32. The van der Waals surface area contributed by atoms with Gasteiger partial charge in [0.15, 0.2) is 0 Å². The summed E-state index contributed by atoms with van der Waals surface area (Å²) in [6, 6.07) is 9.81. The van der Waals surface area contributed by atoms with E-state index in [1.165, 1.54) is 10.6 Å². The number of rotatable bonds is 8. The minimum absolute atomic E-state index is 0. The van der Waals surface area contributed by atoms with Gasteiger partial charge < -0.3 is 43.5 Å². The van der Waals surface area contributed by atoms with Crippen molar-refractivity contribution in [3.63, 3.8) is 0 Å². The van der Waals surface area contributed by atoms with Crippen molar-refractivity contribution >= 4 is 35.8 Å². The number of nitrogens with one attached hydrogen (secondary N) is 1. The lowest BCUT2D eigenvalue weighted by atomic mass is 10.2. The van der Waals surface area contributed by atoms with Gasteiger partial charge in [-0.05, 0) is 115 Å². The number of carboxylic acids is 1. The third kappa shape index (κ3) is 11.5. The van der Waals surface area contributed by atoms with Crippen molar-refractivity contribution in [2.75, 3.05) is 32.4 Å². The standard InChI is InChI=1S/C16H24N2O4.C12H15NO4.C11H16N2O2.ClH/c1-16(2,3)22-15(20)17-11-7-6-10-18(14(11)19)12-8-5-9-13(12)21-4;1-17-10-6-2-5-9(10)13-7-3-4-8(11(13)14)12(15)16;1-15-10-6-2-5-9(10)13-7-3-4-8(12)11(13)14;/h6-7,10,12-13H,5,8-9H2,1-4H3,(H,17,20);3-4,7,9-10H,2,5-6H2,1H3,(H,15,16);3-4,7,9-10H,2,5-6,12H2,1H3;1H/t12?,13-;2*9?,10-;/m111./s1. The molecule has 0 aromatic carbocycles. The molecule has 3 heterocycles. The van der Waals surface area contributed by atoms with Crippen LogP contribution < -0.4 is 27.7 Å². The molecule has 15 nitrogen and oxygen atoms in total. The predicted octanol–water partition coefficient (Wildman–Crippen LogP) is 5.81. The number of halogens is 1. The van der Waals surface area contributed by atoms with E-state index >= 15 is 0 Å². The van der Waals surface area contributed by atoms with Gasteiger partial charge in [-0.1, -0.05) is 0 Å². The number of hydrogen-bond acceptors (Lipinski definition) is 10. The number of nitrogens with two attached hydrogens (primary N) is 1. The zero-order chi connectivity index (χ0) is 39.6. The first kappa shape index (κ1) is 45.0. The van der Waals surface area contributed by atoms with E-state index in [2.05, 4.69) is 5.32 Å². The van der Waals surface area contributed by atoms with Crippen LogP contribution in [0, 0.1) is 0 Å². The summed E-state index contributed by atoms with van der Waals surface area (Å²) in [7, 11) is 4.98. The highest BCUT2D eigenvalue weighted by Crippen LogP contribution is 2.33. The third-order valence-corrected chi connectivity index (χ3v) is 10.1. The van der Waals surface area contributed by atoms with Gasteiger partial charge >= 0.3 is 12.1 Å². The molecule has 3 aliphatic rings. The molecule has 0 bridgehead atoms. The summed E-state index contributed by atoms with van der Waals surface area (Å²) in [6.07, 6.45) is 13.4. The van der Waals surface area contributed by atoms with Crippen molar-refractivity contribution in [3.8, 4) is 0 Å². The summed E-state index contributed by atoms with van der Waals surface area (Å²) >= 11 is 0. The minimum Gasteiger partial charge on any atom is -0.477 e. The number of nitrogens with zero attached hydrogens (tertiary/aromatic N) is 3. The Morgan fingerprint density at radius 3 is 1.55 bits per heavy atom. The van der Waals surface area contributed by atoms with Crippen LogP contribution in [-0.4, -0.2) is 76.1 Å². The number of methoxy groups -OCH3 is 3. The molecular formula is C39H56ClN5O10. The minimum atomic E-state index is -1.18. The molecule has 3 aromatic heterocycles. The second-order valence-electron chi connectivity index (χ2n) is 14.7. The zero-order valence-corrected chi connectivity index (χ0v) is 33.3. The SMILES string of the molecule is CO[C@@H]1CCCC1n1cccc(C(=O)O)c1=O.CO[C@@H]1CCCC1n1cccc(N)c1=O.CO[C@@H]1CCCC1n1cccc(NC(=O)OC(C)(C)C)c1=O.Cl. The van der Waals surface area contributed by atoms with Crippen LogP contribution in [-0.2, 0) is 18.9 Å². The molecule has 304 valence electrons. The molecule has 55 heavy (non-hydrogen) atoms. The van der Waals surface area contributed by atoms with Crippen LogP contribution in [0.25, 0.3) is 0 Å². The number of ether oxygens (including phenoxy) is 4. The molecule has 0 saturated heterocycles. The van der Waals surface area contributed by atoms with E-state index in [0.717, 1.165) is 57.8 Å². The quantitative estimate of drug-likeness (QED) is 0.249. The van der Waals surface area contributed by atoms with Gasteiger partial charge in [-0.25, -0.2) is 9.59 Å². The first-order chi connectivity index (χ1) is 25.7. The van der Waals surface area contributed by atoms with Gasteiger partial charge in [-0.15, -0.1) is 12.4 Å². The van der Waals surface area contributed by atoms with Gasteiger partial charge in [0.25, 0.3) is 16.7 Å². The summed E-state index contributed by atoms with van der Waals surface area (Å²) in [5.41, 5.74) is 4.54. The molecule has 0 spiro atoms. The lowest BCUT2D eigenvalue weighted by Crippen LogP contribution is -2.33. The molecule has 0 aliphatic heterocycles. The van der Waals surface area contributed by atoms with Crippen molar-refractivity contribution in [3.05, 3.63) is 91.6 Å². The fourth-order valence-electron chi connectivity index (χ4n) is 7.50. The molecule has 3 aromatic rings. The topological polar surface area (TPSA) is 195 Å². The van der Waals surface area contributed by atoms with Crippen molar-refractivity contribution < 1.29 is 33.6 Å². The number of aromatic nitrogens is 3. The van der Waals surface area contributed by atoms with Crippen LogP contribution in [0.3, 0.4) is 0 Å². The number of nitrogen functional groups attached to an aromatic ring is 1. The van der Waals surface area contributed by atoms with E-state index in [-0.39, 0.29) is 71.2 Å². The van der Waals surface area contributed by atoms with Crippen molar-refractivity contribution in [1.82, 2.24) is 13.7 Å². The summed E-state index contributed by atoms with van der Waals surface area (Å²) in [5, 5.41) is 11.4. The average molecular weight is 790 g/mol. The zero-order valence-electron chi connectivity index (χ0n) is 32.5. The van der Waals surface area contributed by atoms with Gasteiger partial charge in [-0.2, -0.15) is 0 Å². The van der Waals surface area contributed by atoms with E-state index < -0.39 is 23.2 Å². The summed E-state index contributed by atoms with van der Waals surface area (Å²) < 4.78 is 26.2. The molecule has 0 radical (unpaired) electrons. The Bertz CT molecular complexity index is 1900. The van der Waals surface area contributed by atoms with Gasteiger partial charge in [0.1, 0.15) is 16.9 Å². The maximum absolute atomic E-state index is 12.6. The predicted molar refractivity (Wildman–Crippen MR) is 212 cm³/mol. The number of carbonyl (C=O) groups is 2. The lowest BCUT2D eigenvalue weighted by molar-refractivity contribution is 0.0633. The maximum Gasteiger partial charge on any atom is 0.412 e. The molecule has 4 N–H and O–H groups in total. The Morgan fingerprint density at radius 2 is 1.11 bits per heavy atom. The summed E-state index contributed by atoms with van der Waals surface area (Å²) in [5.74, 6) is -1.18. The highest BCUT2D eigenvalue weighted by molar-refractivity contribution is 5.87. The van der Waals surface area contributed by atoms with Crippen LogP contribution in [0.5, 0.6) is 0 Å². The van der Waals surface area contributed by atoms with Crippen LogP contribution in [0.2, 0.25) is 0 Å². The Labute approximate surface area is 327 Å². The molecule has 3 unspecified atom stereocenters. The van der Waals surface area contributed by atoms with Crippen molar-refractivity contribution in [1.29, 1.82) is 0 Å². The molecule has 1 amide bonds. The second-order valence-corrected chi connectivity index (χ2v) is 14.7. The molecule has 6 rings (SSSR count). The average Bonchev–Trinajstić information content (AvgIpc) is 3.91. The summed E-state index contributed by atoms with van der Waals surface area (Å²) in [4.78, 5) is 59.1. The number of hydrogen-bond donors (Lipinski definition) is 3. The van der Waals surface area contributed by atoms with Crippen LogP contribution >= 0.6 is 12.4 Å². The van der Waals surface area contributed by atoms with Crippen LogP contribution in [0.4, 0.5) is 16.2 Å². The van der Waals surface area contributed by atoms with Crippen molar-refractivity contribution in [2.45, 2.75) is 121 Å². The highest BCUT2D eigenvalue weighted by atomic mass is 35.5. The largest absolute Gasteiger partial charge is 0.477 e. The number of aromatic carboxylic acids is 1. The molecule has 3 fully saturated rings. The molecule has 3 saturated carbocycles. The Kier molecular flexibility index (Phi) is 16.7. The van der Waals surface area contributed by atoms with Crippen LogP contribution in [0.1, 0.15) is 107 Å². The van der Waals surface area contributed by atoms with Crippen molar-refractivity contribution in [2.24, 2.45) is 0 Å². The van der Waals surface area contributed by atoms with E-state index in [9.17, 15) is 24.0 Å². The van der Waals surface area contributed by atoms with Crippen LogP contribution in [0.15, 0.2) is 69.4 Å². The lowest BCUT2D eigenvalue weighted by Gasteiger charge is -2.22. The van der Waals surface area contributed by atoms with Gasteiger partial charge in [0.2, 0.25) is 0 Å². The maximum atomic E-state index is 12.6. The molecule has 3 aliphatic carbocycles. The first-order valence-electron chi connectivity index (χ1n) is 18.4. The Balaban J connectivity index is 0.000000224. The van der Waals surface area contributed by atoms with E-state index in [1.54, 1.807) is 94.1 Å². The Hall–Kier alpha value is -4.44. The normalized spacial score (nSPS) is 23.0.